The van der Waals surface area contributed by atoms with E-state index < -0.39 is 7.12 Å². The van der Waals surface area contributed by atoms with Crippen LogP contribution in [0.4, 0.5) is 0 Å². The minimum Gasteiger partial charge on any atom is -0.423 e. The van der Waals surface area contributed by atoms with Gasteiger partial charge in [0.25, 0.3) is 0 Å². The lowest BCUT2D eigenvalue weighted by Gasteiger charge is -2.04. The number of nitrogens with zero attached hydrogens (tertiary/aromatic N) is 1. The molecule has 1 aromatic rings. The van der Waals surface area contributed by atoms with E-state index in [2.05, 4.69) is 4.98 Å². The Hall–Kier alpha value is -1.13. The molecule has 0 fully saturated rings. The summed E-state index contributed by atoms with van der Waals surface area (Å²) in [6, 6.07) is 1.62. The molecule has 12 heavy (non-hydrogen) atoms. The molecule has 1 heterocycles. The summed E-state index contributed by atoms with van der Waals surface area (Å²) in [4.78, 5) is 4.12. The Balaban J connectivity index is 2.56. The maximum Gasteiger partial charge on any atom is 0.489 e. The van der Waals surface area contributed by atoms with Gasteiger partial charge in [0, 0.05) is 12.6 Å². The van der Waals surface area contributed by atoms with Gasteiger partial charge in [0.05, 0.1) is 5.69 Å². The molecule has 0 saturated heterocycles. The third-order valence-corrected chi connectivity index (χ3v) is 1.98. The van der Waals surface area contributed by atoms with Crippen molar-refractivity contribution in [1.29, 1.82) is 0 Å². The molecular formula is C8H8BNO2. The van der Waals surface area contributed by atoms with Gasteiger partial charge >= 0.3 is 7.12 Å². The summed E-state index contributed by atoms with van der Waals surface area (Å²) in [6.45, 7) is 0. The lowest BCUT2D eigenvalue weighted by atomic mass is 9.77. The maximum absolute atomic E-state index is 8.98. The molecule has 2 N–H and O–H groups in total. The zero-order chi connectivity index (χ0) is 8.55. The highest BCUT2D eigenvalue weighted by molar-refractivity contribution is 6.59. The number of allylic oxidation sites excluding steroid dienone is 1. The quantitative estimate of drug-likeness (QED) is 0.537. The van der Waals surface area contributed by atoms with E-state index in [-0.39, 0.29) is 0 Å². The van der Waals surface area contributed by atoms with Crippen molar-refractivity contribution in [2.24, 2.45) is 0 Å². The number of hydrogen-bond acceptors (Lipinski definition) is 3. The second-order valence-corrected chi connectivity index (χ2v) is 2.74. The zero-order valence-corrected chi connectivity index (χ0v) is 6.44. The number of rotatable bonds is 1. The number of hydrogen-bond donors (Lipinski definition) is 2. The van der Waals surface area contributed by atoms with Crippen molar-refractivity contribution in [3.63, 3.8) is 0 Å². The van der Waals surface area contributed by atoms with Crippen molar-refractivity contribution < 1.29 is 10.0 Å². The van der Waals surface area contributed by atoms with Crippen molar-refractivity contribution >= 4 is 18.7 Å². The van der Waals surface area contributed by atoms with E-state index in [9.17, 15) is 0 Å². The fourth-order valence-electron chi connectivity index (χ4n) is 1.40. The van der Waals surface area contributed by atoms with Gasteiger partial charge < -0.3 is 10.0 Å². The lowest BCUT2D eigenvalue weighted by Crippen LogP contribution is -2.32. The van der Waals surface area contributed by atoms with Gasteiger partial charge in [-0.15, -0.1) is 0 Å². The van der Waals surface area contributed by atoms with Crippen LogP contribution in [0.3, 0.4) is 0 Å². The Labute approximate surface area is 70.5 Å². The molecule has 1 aliphatic carbocycles. The van der Waals surface area contributed by atoms with Gasteiger partial charge in [0.1, 0.15) is 0 Å². The highest BCUT2D eigenvalue weighted by Crippen LogP contribution is 2.14. The van der Waals surface area contributed by atoms with Crippen molar-refractivity contribution in [3.05, 3.63) is 29.6 Å². The van der Waals surface area contributed by atoms with Crippen molar-refractivity contribution in [2.75, 3.05) is 0 Å². The van der Waals surface area contributed by atoms with Crippen LogP contribution in [0.25, 0.3) is 6.08 Å². The molecular weight excluding hydrogens is 153 g/mol. The van der Waals surface area contributed by atoms with Crippen LogP contribution in [0.15, 0.2) is 18.3 Å². The zero-order valence-electron chi connectivity index (χ0n) is 6.44. The second kappa shape index (κ2) is 2.73. The maximum atomic E-state index is 8.98. The Morgan fingerprint density at radius 2 is 2.25 bits per heavy atom. The SMILES string of the molecule is OB(O)c1ccnc2c1C=CC2. The molecule has 1 aromatic heterocycles. The summed E-state index contributed by atoms with van der Waals surface area (Å²) in [5, 5.41) is 18.0. The third kappa shape index (κ3) is 1.05. The molecule has 0 aromatic carbocycles. The predicted octanol–water partition coefficient (Wildman–Crippen LogP) is -0.669. The first kappa shape index (κ1) is 7.52. The smallest absolute Gasteiger partial charge is 0.423 e. The Morgan fingerprint density at radius 1 is 1.42 bits per heavy atom. The molecule has 0 aliphatic heterocycles. The van der Waals surface area contributed by atoms with E-state index in [0.29, 0.717) is 5.46 Å². The molecule has 0 saturated carbocycles. The van der Waals surface area contributed by atoms with Crippen LogP contribution in [0, 0.1) is 0 Å². The first-order valence-corrected chi connectivity index (χ1v) is 3.79. The number of aromatic nitrogens is 1. The summed E-state index contributed by atoms with van der Waals surface area (Å²) in [5.74, 6) is 0. The van der Waals surface area contributed by atoms with Gasteiger partial charge in [0.15, 0.2) is 0 Å². The van der Waals surface area contributed by atoms with Crippen LogP contribution in [-0.4, -0.2) is 22.2 Å². The number of fused-ring (bicyclic) bond motifs is 1. The Morgan fingerprint density at radius 3 is 3.00 bits per heavy atom. The van der Waals surface area contributed by atoms with E-state index in [1.54, 1.807) is 12.3 Å². The molecule has 0 radical (unpaired) electrons. The molecule has 0 atom stereocenters. The molecule has 0 spiro atoms. The largest absolute Gasteiger partial charge is 0.489 e. The van der Waals surface area contributed by atoms with E-state index in [0.717, 1.165) is 17.7 Å². The fourth-order valence-corrected chi connectivity index (χ4v) is 1.40. The molecule has 60 valence electrons. The van der Waals surface area contributed by atoms with Crippen molar-refractivity contribution in [3.8, 4) is 0 Å². The molecule has 0 bridgehead atoms. The van der Waals surface area contributed by atoms with E-state index in [4.69, 9.17) is 10.0 Å². The average molecular weight is 161 g/mol. The monoisotopic (exact) mass is 161 g/mol. The van der Waals surface area contributed by atoms with E-state index >= 15 is 0 Å². The van der Waals surface area contributed by atoms with Gasteiger partial charge in [0.2, 0.25) is 0 Å². The highest BCUT2D eigenvalue weighted by atomic mass is 16.4. The van der Waals surface area contributed by atoms with Crippen LogP contribution in [0.1, 0.15) is 11.3 Å². The van der Waals surface area contributed by atoms with E-state index in [1.165, 1.54) is 0 Å². The van der Waals surface area contributed by atoms with Crippen LogP contribution >= 0.6 is 0 Å². The summed E-state index contributed by atoms with van der Waals surface area (Å²) in [5.41, 5.74) is 2.31. The third-order valence-electron chi connectivity index (χ3n) is 1.98. The van der Waals surface area contributed by atoms with Gasteiger partial charge in [-0.2, -0.15) is 0 Å². The van der Waals surface area contributed by atoms with E-state index in [1.807, 2.05) is 12.2 Å². The van der Waals surface area contributed by atoms with Crippen LogP contribution < -0.4 is 5.46 Å². The summed E-state index contributed by atoms with van der Waals surface area (Å²) in [7, 11) is -1.40. The predicted molar refractivity (Wildman–Crippen MR) is 46.8 cm³/mol. The number of pyridine rings is 1. The van der Waals surface area contributed by atoms with Gasteiger partial charge in [-0.1, -0.05) is 12.2 Å². The summed E-state index contributed by atoms with van der Waals surface area (Å²) in [6.07, 6.45) is 6.22. The Kier molecular flexibility index (Phi) is 1.71. The lowest BCUT2D eigenvalue weighted by molar-refractivity contribution is 0.425. The molecule has 0 unspecified atom stereocenters. The minimum atomic E-state index is -1.40. The molecule has 0 amide bonds. The topological polar surface area (TPSA) is 53.4 Å². The van der Waals surface area contributed by atoms with Gasteiger partial charge in [-0.05, 0) is 17.1 Å². The summed E-state index contributed by atoms with van der Waals surface area (Å²) >= 11 is 0. The summed E-state index contributed by atoms with van der Waals surface area (Å²) < 4.78 is 0. The molecule has 1 aliphatic rings. The minimum absolute atomic E-state index is 0.536. The highest BCUT2D eigenvalue weighted by Gasteiger charge is 2.19. The van der Waals surface area contributed by atoms with Gasteiger partial charge in [-0.3, -0.25) is 4.98 Å². The Bertz CT molecular complexity index is 336. The standard InChI is InChI=1S/C8H8BNO2/c11-9(12)7-4-5-10-8-3-1-2-6(7)8/h1-2,4-5,11-12H,3H2. The van der Waals surface area contributed by atoms with Crippen LogP contribution in [0.2, 0.25) is 0 Å². The van der Waals surface area contributed by atoms with Crippen molar-refractivity contribution in [2.45, 2.75) is 6.42 Å². The van der Waals surface area contributed by atoms with Gasteiger partial charge in [-0.25, -0.2) is 0 Å². The van der Waals surface area contributed by atoms with Crippen LogP contribution in [-0.2, 0) is 6.42 Å². The second-order valence-electron chi connectivity index (χ2n) is 2.74. The molecule has 3 nitrogen and oxygen atoms in total. The van der Waals surface area contributed by atoms with Crippen molar-refractivity contribution in [1.82, 2.24) is 4.98 Å². The van der Waals surface area contributed by atoms with Crippen LogP contribution in [0.5, 0.6) is 0 Å². The average Bonchev–Trinajstić information content (AvgIpc) is 2.49. The first-order chi connectivity index (χ1) is 5.79. The molecule has 2 rings (SSSR count). The normalized spacial score (nSPS) is 13.2. The first-order valence-electron chi connectivity index (χ1n) is 3.79. The fraction of sp³-hybridized carbons (Fsp3) is 0.125. The molecule has 4 heteroatoms.